The molecular formula is C16H18N2O3. The zero-order valence-electron chi connectivity index (χ0n) is 12.2. The monoisotopic (exact) mass is 286 g/mol. The third-order valence-electron chi connectivity index (χ3n) is 4.04. The van der Waals surface area contributed by atoms with E-state index in [1.54, 1.807) is 7.11 Å². The Morgan fingerprint density at radius 1 is 1.19 bits per heavy atom. The van der Waals surface area contributed by atoms with Gasteiger partial charge in [-0.25, -0.2) is 0 Å². The lowest BCUT2D eigenvalue weighted by molar-refractivity contribution is -0.150. The molecule has 1 aromatic heterocycles. The summed E-state index contributed by atoms with van der Waals surface area (Å²) in [5.74, 6) is 0.395. The summed E-state index contributed by atoms with van der Waals surface area (Å²) in [5.41, 5.74) is 1.80. The summed E-state index contributed by atoms with van der Waals surface area (Å²) in [6.45, 7) is 1.87. The minimum Gasteiger partial charge on any atom is -0.482 e. The quantitative estimate of drug-likeness (QED) is 0.882. The maximum Gasteiger partial charge on any atom is 0.229 e. The number of carbonyl (C=O) groups excluding carboxylic acids is 2. The van der Waals surface area contributed by atoms with E-state index in [1.165, 1.54) is 4.90 Å². The van der Waals surface area contributed by atoms with Crippen molar-refractivity contribution in [2.24, 2.45) is 0 Å². The molecule has 2 heterocycles. The fourth-order valence-corrected chi connectivity index (χ4v) is 3.05. The number of nitrogens with zero attached hydrogens (tertiary/aromatic N) is 1. The number of fused-ring (bicyclic) bond motifs is 1. The van der Waals surface area contributed by atoms with Gasteiger partial charge in [0.05, 0.1) is 13.2 Å². The highest BCUT2D eigenvalue weighted by atomic mass is 16.5. The normalized spacial score (nSPS) is 17.3. The fraction of sp³-hybridized carbons (Fsp3) is 0.375. The molecule has 1 aliphatic heterocycles. The van der Waals surface area contributed by atoms with E-state index < -0.39 is 0 Å². The zero-order chi connectivity index (χ0) is 15.0. The second-order valence-corrected chi connectivity index (χ2v) is 5.30. The number of imide groups is 1. The van der Waals surface area contributed by atoms with Gasteiger partial charge in [-0.1, -0.05) is 18.2 Å². The highest BCUT2D eigenvalue weighted by Gasteiger charge is 2.33. The van der Waals surface area contributed by atoms with Gasteiger partial charge in [0.1, 0.15) is 0 Å². The number of carbonyl (C=O) groups is 2. The van der Waals surface area contributed by atoms with E-state index in [9.17, 15) is 9.59 Å². The van der Waals surface area contributed by atoms with Crippen LogP contribution in [0.15, 0.2) is 24.3 Å². The molecule has 0 saturated carbocycles. The van der Waals surface area contributed by atoms with Gasteiger partial charge in [-0.05, 0) is 19.4 Å². The van der Waals surface area contributed by atoms with Crippen LogP contribution in [0.3, 0.4) is 0 Å². The number of likely N-dealkylation sites (tertiary alicyclic amines) is 1. The fourth-order valence-electron chi connectivity index (χ4n) is 3.05. The molecule has 1 saturated heterocycles. The number of aromatic nitrogens is 1. The van der Waals surface area contributed by atoms with Crippen molar-refractivity contribution in [1.82, 2.24) is 9.88 Å². The molecule has 1 aliphatic rings. The summed E-state index contributed by atoms with van der Waals surface area (Å²) in [5, 5.41) is 0.980. The number of hydrogen-bond donors (Lipinski definition) is 1. The van der Waals surface area contributed by atoms with Crippen LogP contribution in [0.5, 0.6) is 5.88 Å². The topological polar surface area (TPSA) is 62.4 Å². The van der Waals surface area contributed by atoms with E-state index in [-0.39, 0.29) is 17.9 Å². The van der Waals surface area contributed by atoms with Crippen LogP contribution in [0, 0.1) is 0 Å². The van der Waals surface area contributed by atoms with Gasteiger partial charge in [0.25, 0.3) is 0 Å². The molecule has 3 rings (SSSR count). The molecule has 5 nitrogen and oxygen atoms in total. The summed E-state index contributed by atoms with van der Waals surface area (Å²) in [4.78, 5) is 28.8. The van der Waals surface area contributed by atoms with E-state index in [0.717, 1.165) is 16.5 Å². The number of hydrogen-bond acceptors (Lipinski definition) is 3. The number of H-pyrrole nitrogens is 1. The molecule has 2 aromatic rings. The van der Waals surface area contributed by atoms with Crippen LogP contribution in [-0.2, 0) is 9.59 Å². The summed E-state index contributed by atoms with van der Waals surface area (Å²) < 4.78 is 5.41. The van der Waals surface area contributed by atoms with E-state index in [1.807, 2.05) is 31.2 Å². The smallest absolute Gasteiger partial charge is 0.229 e. The number of piperidine rings is 1. The van der Waals surface area contributed by atoms with Gasteiger partial charge < -0.3 is 9.72 Å². The lowest BCUT2D eigenvalue weighted by atomic mass is 10.0. The van der Waals surface area contributed by atoms with Crippen molar-refractivity contribution in [2.45, 2.75) is 32.2 Å². The first kappa shape index (κ1) is 13.7. The van der Waals surface area contributed by atoms with Crippen LogP contribution in [0.2, 0.25) is 0 Å². The molecule has 2 amide bonds. The summed E-state index contributed by atoms with van der Waals surface area (Å²) >= 11 is 0. The molecule has 1 unspecified atom stereocenters. The van der Waals surface area contributed by atoms with Crippen LogP contribution in [0.4, 0.5) is 0 Å². The van der Waals surface area contributed by atoms with Gasteiger partial charge in [-0.15, -0.1) is 0 Å². The summed E-state index contributed by atoms with van der Waals surface area (Å²) in [7, 11) is 1.58. The molecule has 0 radical (unpaired) electrons. The Bertz CT molecular complexity index is 689. The molecule has 1 atom stereocenters. The van der Waals surface area contributed by atoms with Gasteiger partial charge in [-0.2, -0.15) is 0 Å². The van der Waals surface area contributed by atoms with Crippen molar-refractivity contribution in [1.29, 1.82) is 0 Å². The molecule has 0 aliphatic carbocycles. The van der Waals surface area contributed by atoms with Gasteiger partial charge in [0, 0.05) is 29.3 Å². The van der Waals surface area contributed by atoms with Crippen LogP contribution in [0.1, 0.15) is 37.8 Å². The Hall–Kier alpha value is -2.30. The lowest BCUT2D eigenvalue weighted by Gasteiger charge is -2.30. The van der Waals surface area contributed by atoms with Crippen LogP contribution in [-0.4, -0.2) is 28.8 Å². The molecule has 0 bridgehead atoms. The van der Waals surface area contributed by atoms with E-state index in [0.29, 0.717) is 25.1 Å². The van der Waals surface area contributed by atoms with Crippen LogP contribution >= 0.6 is 0 Å². The van der Waals surface area contributed by atoms with Crippen molar-refractivity contribution in [3.05, 3.63) is 29.8 Å². The average Bonchev–Trinajstić information content (AvgIpc) is 2.85. The third-order valence-corrected chi connectivity index (χ3v) is 4.04. The minimum absolute atomic E-state index is 0.105. The van der Waals surface area contributed by atoms with Gasteiger partial charge in [-0.3, -0.25) is 14.5 Å². The third kappa shape index (κ3) is 2.18. The van der Waals surface area contributed by atoms with E-state index in [4.69, 9.17) is 4.74 Å². The second kappa shape index (κ2) is 5.24. The predicted octanol–water partition coefficient (Wildman–Crippen LogP) is 2.78. The van der Waals surface area contributed by atoms with Crippen molar-refractivity contribution in [3.63, 3.8) is 0 Å². The summed E-state index contributed by atoms with van der Waals surface area (Å²) in [6, 6.07) is 7.46. The Kier molecular flexibility index (Phi) is 3.41. The molecule has 5 heteroatoms. The molecule has 21 heavy (non-hydrogen) atoms. The zero-order valence-corrected chi connectivity index (χ0v) is 12.2. The minimum atomic E-state index is -0.337. The lowest BCUT2D eigenvalue weighted by Crippen LogP contribution is -2.41. The first-order valence-corrected chi connectivity index (χ1v) is 7.13. The van der Waals surface area contributed by atoms with Gasteiger partial charge in [0.2, 0.25) is 11.8 Å². The Morgan fingerprint density at radius 3 is 2.52 bits per heavy atom. The number of ether oxygens (including phenoxy) is 1. The van der Waals surface area contributed by atoms with E-state index in [2.05, 4.69) is 4.98 Å². The largest absolute Gasteiger partial charge is 0.482 e. The molecule has 0 spiro atoms. The maximum absolute atomic E-state index is 12.1. The van der Waals surface area contributed by atoms with Crippen LogP contribution < -0.4 is 4.74 Å². The molecule has 110 valence electrons. The number of methoxy groups -OCH3 is 1. The Morgan fingerprint density at radius 2 is 1.86 bits per heavy atom. The maximum atomic E-state index is 12.1. The number of amides is 2. The second-order valence-electron chi connectivity index (χ2n) is 5.30. The average molecular weight is 286 g/mol. The predicted molar refractivity (Wildman–Crippen MR) is 79.0 cm³/mol. The molecule has 1 fully saturated rings. The highest BCUT2D eigenvalue weighted by Crippen LogP contribution is 2.37. The number of benzene rings is 1. The molecular weight excluding hydrogens is 268 g/mol. The number of nitrogens with one attached hydrogen (secondary N) is 1. The van der Waals surface area contributed by atoms with Crippen LogP contribution in [0.25, 0.3) is 10.9 Å². The first-order valence-electron chi connectivity index (χ1n) is 7.13. The van der Waals surface area contributed by atoms with Crippen molar-refractivity contribution >= 4 is 22.7 Å². The van der Waals surface area contributed by atoms with Crippen molar-refractivity contribution < 1.29 is 14.3 Å². The van der Waals surface area contributed by atoms with Crippen molar-refractivity contribution in [3.8, 4) is 5.88 Å². The Labute approximate surface area is 122 Å². The first-order chi connectivity index (χ1) is 10.1. The number of rotatable bonds is 3. The highest BCUT2D eigenvalue weighted by molar-refractivity contribution is 5.99. The molecule has 1 N–H and O–H groups in total. The number of aromatic amines is 1. The number of para-hydroxylation sites is 1. The summed E-state index contributed by atoms with van der Waals surface area (Å²) in [6.07, 6.45) is 1.51. The SMILES string of the molecule is COc1[nH]c2ccccc2c1C(C)N1C(=O)CCCC1=O. The van der Waals surface area contributed by atoms with Gasteiger partial charge in [0.15, 0.2) is 5.88 Å². The van der Waals surface area contributed by atoms with Crippen molar-refractivity contribution in [2.75, 3.05) is 7.11 Å². The van der Waals surface area contributed by atoms with Gasteiger partial charge >= 0.3 is 0 Å². The molecule has 1 aromatic carbocycles. The standard InChI is InChI=1S/C16H18N2O3/c1-10(18-13(19)8-5-9-14(18)20)15-11-6-3-4-7-12(11)17-16(15)21-2/h3-4,6-7,10,17H,5,8-9H2,1-2H3. The van der Waals surface area contributed by atoms with E-state index >= 15 is 0 Å². The Balaban J connectivity index is 2.10.